The second-order valence-corrected chi connectivity index (χ2v) is 8.76. The average molecular weight is 491 g/mol. The molecule has 33 heavy (non-hydrogen) atoms. The van der Waals surface area contributed by atoms with Crippen molar-refractivity contribution >= 4 is 58.2 Å². The first-order chi connectivity index (χ1) is 15.6. The van der Waals surface area contributed by atoms with Gasteiger partial charge in [-0.25, -0.2) is 0 Å². The second-order valence-electron chi connectivity index (χ2n) is 7.95. The number of carbonyl (C=O) groups is 4. The Bertz CT molecular complexity index is 1020. The zero-order valence-electron chi connectivity index (χ0n) is 18.1. The molecule has 10 heteroatoms. The Morgan fingerprint density at radius 3 is 1.52 bits per heavy atom. The molecule has 0 heterocycles. The summed E-state index contributed by atoms with van der Waals surface area (Å²) in [6, 6.07) is 10.4. The largest absolute Gasteiger partial charge is 0.347 e. The van der Waals surface area contributed by atoms with Gasteiger partial charge in [0.2, 0.25) is 23.6 Å². The number of carbonyl (C=O) groups excluding carboxylic acids is 4. The lowest BCUT2D eigenvalue weighted by Gasteiger charge is -2.10. The van der Waals surface area contributed by atoms with E-state index in [0.717, 1.165) is 11.1 Å². The molecular weight excluding hydrogens is 467 g/mol. The summed E-state index contributed by atoms with van der Waals surface area (Å²) in [5, 5.41) is 11.1. The zero-order valence-corrected chi connectivity index (χ0v) is 19.6. The van der Waals surface area contributed by atoms with Gasteiger partial charge < -0.3 is 21.3 Å². The number of hydrogen-bond donors (Lipinski definition) is 4. The maximum absolute atomic E-state index is 12.2. The number of rotatable bonds is 8. The van der Waals surface area contributed by atoms with E-state index in [1.165, 1.54) is 0 Å². The van der Waals surface area contributed by atoms with Crippen molar-refractivity contribution in [3.05, 3.63) is 57.6 Å². The molecule has 1 aliphatic carbocycles. The van der Waals surface area contributed by atoms with Gasteiger partial charge in [0.05, 0.1) is 46.3 Å². The number of halogens is 2. The fraction of sp³-hybridized carbons (Fsp3) is 0.304. The molecule has 2 atom stereocenters. The van der Waals surface area contributed by atoms with Crippen molar-refractivity contribution in [3.8, 4) is 0 Å². The number of nitrogens with one attached hydrogen (secondary N) is 4. The lowest BCUT2D eigenvalue weighted by atomic mass is 10.2. The third kappa shape index (κ3) is 6.94. The Morgan fingerprint density at radius 2 is 1.15 bits per heavy atom. The van der Waals surface area contributed by atoms with Crippen LogP contribution in [0.5, 0.6) is 0 Å². The first kappa shape index (κ1) is 24.5. The average Bonchev–Trinajstić information content (AvgIpc) is 3.55. The van der Waals surface area contributed by atoms with E-state index >= 15 is 0 Å². The minimum absolute atomic E-state index is 0.242. The van der Waals surface area contributed by atoms with E-state index in [4.69, 9.17) is 23.2 Å². The molecule has 4 amide bonds. The third-order valence-corrected chi connectivity index (χ3v) is 5.73. The molecule has 0 saturated heterocycles. The van der Waals surface area contributed by atoms with E-state index in [1.807, 2.05) is 26.0 Å². The van der Waals surface area contributed by atoms with E-state index in [1.54, 1.807) is 24.3 Å². The van der Waals surface area contributed by atoms with Crippen molar-refractivity contribution < 1.29 is 19.2 Å². The van der Waals surface area contributed by atoms with Crippen molar-refractivity contribution in [1.82, 2.24) is 10.6 Å². The van der Waals surface area contributed by atoms with Crippen molar-refractivity contribution in [2.45, 2.75) is 20.3 Å². The fourth-order valence-corrected chi connectivity index (χ4v) is 3.77. The highest BCUT2D eigenvalue weighted by Gasteiger charge is 2.48. The Labute approximate surface area is 201 Å². The quantitative estimate of drug-likeness (QED) is 0.454. The molecule has 2 aromatic rings. The first-order valence-corrected chi connectivity index (χ1v) is 11.1. The van der Waals surface area contributed by atoms with E-state index in [-0.39, 0.29) is 13.1 Å². The maximum atomic E-state index is 12.2. The van der Waals surface area contributed by atoms with Crippen LogP contribution in [0, 0.1) is 25.7 Å². The van der Waals surface area contributed by atoms with Crippen LogP contribution in [0.4, 0.5) is 11.4 Å². The molecule has 0 aliphatic heterocycles. The number of hydrogen-bond acceptors (Lipinski definition) is 4. The summed E-state index contributed by atoms with van der Waals surface area (Å²) in [6.45, 7) is 3.28. The molecule has 0 spiro atoms. The number of amides is 4. The Hall–Kier alpha value is -3.10. The molecule has 2 aromatic carbocycles. The molecule has 174 valence electrons. The van der Waals surface area contributed by atoms with Crippen LogP contribution in [0.15, 0.2) is 36.4 Å². The van der Waals surface area contributed by atoms with Gasteiger partial charge in [-0.2, -0.15) is 0 Å². The van der Waals surface area contributed by atoms with Crippen molar-refractivity contribution in [2.75, 3.05) is 23.7 Å². The number of benzene rings is 2. The first-order valence-electron chi connectivity index (χ1n) is 10.3. The predicted octanol–water partition coefficient (Wildman–Crippen LogP) is 3.06. The normalized spacial score (nSPS) is 16.5. The van der Waals surface area contributed by atoms with Crippen molar-refractivity contribution in [2.24, 2.45) is 11.8 Å². The summed E-state index contributed by atoms with van der Waals surface area (Å²) in [5.74, 6) is -2.71. The van der Waals surface area contributed by atoms with E-state index in [2.05, 4.69) is 21.3 Å². The molecule has 1 aliphatic rings. The summed E-state index contributed by atoms with van der Waals surface area (Å²) in [6.07, 6.45) is 0.356. The van der Waals surface area contributed by atoms with Crippen LogP contribution in [0.2, 0.25) is 10.0 Å². The monoisotopic (exact) mass is 490 g/mol. The third-order valence-electron chi connectivity index (χ3n) is 5.11. The summed E-state index contributed by atoms with van der Waals surface area (Å²) in [5.41, 5.74) is 2.83. The van der Waals surface area contributed by atoms with Crippen LogP contribution in [0.1, 0.15) is 17.5 Å². The highest BCUT2D eigenvalue weighted by molar-refractivity contribution is 6.34. The Balaban J connectivity index is 1.38. The molecule has 1 fully saturated rings. The van der Waals surface area contributed by atoms with Gasteiger partial charge in [-0.15, -0.1) is 0 Å². The Morgan fingerprint density at radius 1 is 0.758 bits per heavy atom. The molecule has 0 aromatic heterocycles. The van der Waals surface area contributed by atoms with Crippen LogP contribution >= 0.6 is 23.2 Å². The van der Waals surface area contributed by atoms with E-state index in [0.29, 0.717) is 27.8 Å². The minimum Gasteiger partial charge on any atom is -0.347 e. The van der Waals surface area contributed by atoms with Crippen LogP contribution in [-0.2, 0) is 19.2 Å². The summed E-state index contributed by atoms with van der Waals surface area (Å²) in [7, 11) is 0. The van der Waals surface area contributed by atoms with Crippen molar-refractivity contribution in [3.63, 3.8) is 0 Å². The Kier molecular flexibility index (Phi) is 7.94. The van der Waals surface area contributed by atoms with Crippen LogP contribution in [0.3, 0.4) is 0 Å². The number of anilines is 2. The van der Waals surface area contributed by atoms with Gasteiger partial charge in [-0.1, -0.05) is 35.3 Å². The van der Waals surface area contributed by atoms with Crippen LogP contribution in [-0.4, -0.2) is 36.7 Å². The number of aryl methyl sites for hydroxylation is 2. The molecule has 2 unspecified atom stereocenters. The second kappa shape index (κ2) is 10.7. The van der Waals surface area contributed by atoms with Gasteiger partial charge in [-0.05, 0) is 55.7 Å². The minimum atomic E-state index is -0.532. The molecule has 1 saturated carbocycles. The standard InChI is InChI=1S/C23H24Cl2N4O4/c1-12-3-5-18(16(24)7-12)28-20(30)10-26-22(32)14-9-15(14)23(33)27-11-21(31)29-19-6-4-13(2)8-17(19)25/h3-8,14-15H,9-11H2,1-2H3,(H,26,32)(H,27,33)(H,28,30)(H,29,31). The maximum Gasteiger partial charge on any atom is 0.243 e. The molecule has 8 nitrogen and oxygen atoms in total. The molecule has 4 N–H and O–H groups in total. The molecule has 0 bridgehead atoms. The van der Waals surface area contributed by atoms with Gasteiger partial charge in [0.25, 0.3) is 0 Å². The zero-order chi connectivity index (χ0) is 24.1. The van der Waals surface area contributed by atoms with E-state index < -0.39 is 35.5 Å². The smallest absolute Gasteiger partial charge is 0.243 e. The lowest BCUT2D eigenvalue weighted by molar-refractivity contribution is -0.128. The van der Waals surface area contributed by atoms with Crippen molar-refractivity contribution in [1.29, 1.82) is 0 Å². The van der Waals surface area contributed by atoms with Gasteiger partial charge >= 0.3 is 0 Å². The van der Waals surface area contributed by atoms with Crippen LogP contribution < -0.4 is 21.3 Å². The highest BCUT2D eigenvalue weighted by atomic mass is 35.5. The predicted molar refractivity (Wildman–Crippen MR) is 127 cm³/mol. The van der Waals surface area contributed by atoms with Crippen LogP contribution in [0.25, 0.3) is 0 Å². The summed E-state index contributed by atoms with van der Waals surface area (Å²) < 4.78 is 0. The van der Waals surface area contributed by atoms with Gasteiger partial charge in [0.15, 0.2) is 0 Å². The van der Waals surface area contributed by atoms with Gasteiger partial charge in [0, 0.05) is 0 Å². The molecule has 0 radical (unpaired) electrons. The van der Waals surface area contributed by atoms with Gasteiger partial charge in [-0.3, -0.25) is 19.2 Å². The SMILES string of the molecule is Cc1ccc(NC(=O)CNC(=O)C2CC2C(=O)NCC(=O)Nc2ccc(C)cc2Cl)c(Cl)c1. The lowest BCUT2D eigenvalue weighted by Crippen LogP contribution is -2.37. The van der Waals surface area contributed by atoms with Gasteiger partial charge in [0.1, 0.15) is 0 Å². The fourth-order valence-electron chi connectivity index (χ4n) is 3.20. The summed E-state index contributed by atoms with van der Waals surface area (Å²) in [4.78, 5) is 48.6. The molecular formula is C23H24Cl2N4O4. The topological polar surface area (TPSA) is 116 Å². The van der Waals surface area contributed by atoms with E-state index in [9.17, 15) is 19.2 Å². The highest BCUT2D eigenvalue weighted by Crippen LogP contribution is 2.38. The molecule has 3 rings (SSSR count). The summed E-state index contributed by atoms with van der Waals surface area (Å²) >= 11 is 12.2.